The van der Waals surface area contributed by atoms with Gasteiger partial charge in [-0.2, -0.15) is 0 Å². The van der Waals surface area contributed by atoms with Crippen molar-refractivity contribution in [1.29, 1.82) is 0 Å². The van der Waals surface area contributed by atoms with Gasteiger partial charge in [-0.3, -0.25) is 42.4 Å². The lowest BCUT2D eigenvalue weighted by atomic mass is 9.95. The second-order valence-corrected chi connectivity index (χ2v) is 12.7. The van der Waals surface area contributed by atoms with Crippen LogP contribution in [0.25, 0.3) is 0 Å². The maximum absolute atomic E-state index is 14.5. The Morgan fingerprint density at radius 3 is 1.63 bits per heavy atom. The Morgan fingerprint density at radius 1 is 0.694 bits per heavy atom. The predicted molar refractivity (Wildman–Crippen MR) is 168 cm³/mol. The van der Waals surface area contributed by atoms with E-state index in [1.807, 2.05) is 0 Å². The van der Waals surface area contributed by atoms with E-state index < -0.39 is 74.8 Å². The average Bonchev–Trinajstić information content (AvgIpc) is 3.33. The normalized spacial score (nSPS) is 21.9. The molecule has 14 nitrogen and oxygen atoms in total. The maximum Gasteiger partial charge on any atom is 0.477 e. The average molecular weight is 696 g/mol. The summed E-state index contributed by atoms with van der Waals surface area (Å²) in [6.45, 7) is 2.21. The van der Waals surface area contributed by atoms with Crippen molar-refractivity contribution in [2.24, 2.45) is 0 Å². The Hall–Kier alpha value is -4.72. The van der Waals surface area contributed by atoms with Crippen molar-refractivity contribution in [3.8, 4) is 0 Å². The minimum atomic E-state index is -4.71. The molecule has 3 aromatic rings. The smallest absolute Gasteiger partial charge is 0.463 e. The number of esters is 3. The fraction of sp³-hybridized carbons (Fsp3) is 0.324. The van der Waals surface area contributed by atoms with Gasteiger partial charge in [0.15, 0.2) is 18.5 Å². The van der Waals surface area contributed by atoms with Crippen LogP contribution in [0.3, 0.4) is 0 Å². The van der Waals surface area contributed by atoms with E-state index in [2.05, 4.69) is 0 Å². The fourth-order valence-corrected chi connectivity index (χ4v) is 6.64. The summed E-state index contributed by atoms with van der Waals surface area (Å²) < 4.78 is 54.5. The molecule has 2 amide bonds. The van der Waals surface area contributed by atoms with Crippen molar-refractivity contribution in [1.82, 2.24) is 4.90 Å². The summed E-state index contributed by atoms with van der Waals surface area (Å²) in [5.41, 5.74) is 1.28. The van der Waals surface area contributed by atoms with Crippen molar-refractivity contribution < 1.29 is 61.1 Å². The van der Waals surface area contributed by atoms with Crippen LogP contribution < -0.4 is 0 Å². The predicted octanol–water partition coefficient (Wildman–Crippen LogP) is 4.36. The number of fused-ring (bicyclic) bond motifs is 1. The highest BCUT2D eigenvalue weighted by Gasteiger charge is 2.59. The third kappa shape index (κ3) is 8.66. The molecule has 0 aromatic heterocycles. The van der Waals surface area contributed by atoms with Crippen LogP contribution in [-0.4, -0.2) is 71.9 Å². The van der Waals surface area contributed by atoms with E-state index in [4.69, 9.17) is 32.5 Å². The fourth-order valence-electron chi connectivity index (χ4n) is 5.40. The molecular formula is C34H34NO13P. The zero-order chi connectivity index (χ0) is 35.1. The topological polar surface area (TPSA) is 170 Å². The molecule has 1 unspecified atom stereocenters. The van der Waals surface area contributed by atoms with Crippen LogP contribution >= 0.6 is 7.82 Å². The molecule has 49 heavy (non-hydrogen) atoms. The van der Waals surface area contributed by atoms with E-state index >= 15 is 0 Å². The lowest BCUT2D eigenvalue weighted by Crippen LogP contribution is -2.67. The first-order chi connectivity index (χ1) is 23.5. The Balaban J connectivity index is 1.59. The summed E-state index contributed by atoms with van der Waals surface area (Å²) in [5, 5.41) is 0. The summed E-state index contributed by atoms with van der Waals surface area (Å²) in [5.74, 6) is -4.09. The van der Waals surface area contributed by atoms with Crippen LogP contribution in [0.2, 0.25) is 0 Å². The second kappa shape index (κ2) is 15.7. The molecule has 1 saturated heterocycles. The Bertz CT molecular complexity index is 1650. The molecule has 0 spiro atoms. The molecule has 5 rings (SSSR count). The molecule has 0 saturated carbocycles. The molecule has 258 valence electrons. The van der Waals surface area contributed by atoms with Gasteiger partial charge in [-0.25, -0.2) is 4.57 Å². The number of phosphoric acid groups is 1. The summed E-state index contributed by atoms with van der Waals surface area (Å²) in [6, 6.07) is 21.7. The Labute approximate surface area is 281 Å². The quantitative estimate of drug-likeness (QED) is 0.107. The van der Waals surface area contributed by atoms with Crippen LogP contribution in [0.15, 0.2) is 84.9 Å². The van der Waals surface area contributed by atoms with Crippen molar-refractivity contribution >= 4 is 37.5 Å². The van der Waals surface area contributed by atoms with E-state index in [0.29, 0.717) is 11.1 Å². The first-order valence-electron chi connectivity index (χ1n) is 15.2. The molecule has 0 bridgehead atoms. The number of nitrogens with zero attached hydrogens (tertiary/aromatic N) is 1. The molecule has 1 fully saturated rings. The number of benzene rings is 3. The van der Waals surface area contributed by atoms with Crippen molar-refractivity contribution in [2.45, 2.75) is 64.6 Å². The van der Waals surface area contributed by atoms with Crippen molar-refractivity contribution in [3.63, 3.8) is 0 Å². The first kappa shape index (κ1) is 35.6. The molecule has 0 N–H and O–H groups in total. The van der Waals surface area contributed by atoms with Crippen molar-refractivity contribution in [2.75, 3.05) is 6.61 Å². The zero-order valence-electron chi connectivity index (χ0n) is 26.8. The molecule has 3 aromatic carbocycles. The number of hydrogen-bond acceptors (Lipinski definition) is 13. The van der Waals surface area contributed by atoms with Gasteiger partial charge in [-0.05, 0) is 23.3 Å². The van der Waals surface area contributed by atoms with Gasteiger partial charge >= 0.3 is 25.7 Å². The van der Waals surface area contributed by atoms with Gasteiger partial charge in [-0.1, -0.05) is 72.8 Å². The number of phosphoric ester groups is 1. The number of carbonyl (C=O) groups excluding carboxylic acids is 5. The van der Waals surface area contributed by atoms with Gasteiger partial charge in [0.1, 0.15) is 18.8 Å². The number of rotatable bonds is 13. The highest BCUT2D eigenvalue weighted by molar-refractivity contribution is 7.48. The van der Waals surface area contributed by atoms with Gasteiger partial charge in [0.05, 0.1) is 24.3 Å². The highest BCUT2D eigenvalue weighted by atomic mass is 31.2. The van der Waals surface area contributed by atoms with Crippen LogP contribution in [-0.2, 0) is 64.7 Å². The largest absolute Gasteiger partial charge is 0.477 e. The van der Waals surface area contributed by atoms with Crippen LogP contribution in [0.1, 0.15) is 52.6 Å². The highest BCUT2D eigenvalue weighted by Crippen LogP contribution is 2.54. The van der Waals surface area contributed by atoms with Gasteiger partial charge in [0, 0.05) is 20.8 Å². The van der Waals surface area contributed by atoms with E-state index in [-0.39, 0.29) is 24.3 Å². The Morgan fingerprint density at radius 2 is 1.16 bits per heavy atom. The second-order valence-electron chi connectivity index (χ2n) is 11.1. The molecule has 0 radical (unpaired) electrons. The van der Waals surface area contributed by atoms with Crippen LogP contribution in [0.5, 0.6) is 0 Å². The molecule has 2 heterocycles. The molecule has 0 aliphatic carbocycles. The molecular weight excluding hydrogens is 661 g/mol. The Kier molecular flexibility index (Phi) is 11.4. The number of ether oxygens (including phenoxy) is 4. The third-order valence-electron chi connectivity index (χ3n) is 7.49. The van der Waals surface area contributed by atoms with E-state index in [9.17, 15) is 28.5 Å². The van der Waals surface area contributed by atoms with Crippen LogP contribution in [0, 0.1) is 0 Å². The minimum absolute atomic E-state index is 0.0303. The SMILES string of the molecule is CC(=O)OC[C@H]1OC(OP(=O)(OCc2ccccc2)OCc2ccccc2)[C@H](N2C(=O)c3ccccc3C2=O)[C@@H](OC(C)=O)[C@@H]1OC(C)=O. The number of amides is 2. The zero-order valence-corrected chi connectivity index (χ0v) is 27.7. The molecule has 2 aliphatic rings. The minimum Gasteiger partial charge on any atom is -0.463 e. The summed E-state index contributed by atoms with van der Waals surface area (Å²) >= 11 is 0. The summed E-state index contributed by atoms with van der Waals surface area (Å²) in [7, 11) is -4.71. The lowest BCUT2D eigenvalue weighted by molar-refractivity contribution is -0.269. The molecule has 5 atom stereocenters. The first-order valence-corrected chi connectivity index (χ1v) is 16.7. The van der Waals surface area contributed by atoms with Gasteiger partial charge in [0.2, 0.25) is 0 Å². The third-order valence-corrected chi connectivity index (χ3v) is 8.85. The monoisotopic (exact) mass is 695 g/mol. The van der Waals surface area contributed by atoms with Crippen LogP contribution in [0.4, 0.5) is 0 Å². The standard InChI is InChI=1S/C34H34NO13P/c1-21(36)42-20-28-30(45-22(2)37)31(46-23(3)38)29(35-32(39)26-16-10-11-17-27(26)33(35)40)34(47-28)48-49(41,43-18-24-12-6-4-7-13-24)44-19-25-14-8-5-9-15-25/h4-17,28-31,34H,18-20H2,1-3H3/t28-,29-,30-,31-,34?/m1/s1. The van der Waals surface area contributed by atoms with Gasteiger partial charge in [-0.15, -0.1) is 0 Å². The van der Waals surface area contributed by atoms with E-state index in [1.165, 1.54) is 12.1 Å². The number of carbonyl (C=O) groups is 5. The summed E-state index contributed by atoms with van der Waals surface area (Å²) in [4.78, 5) is 65.1. The molecule has 2 aliphatic heterocycles. The lowest BCUT2D eigenvalue weighted by Gasteiger charge is -2.47. The molecule has 15 heteroatoms. The van der Waals surface area contributed by atoms with Gasteiger partial charge < -0.3 is 18.9 Å². The summed E-state index contributed by atoms with van der Waals surface area (Å²) in [6.07, 6.45) is -6.52. The van der Waals surface area contributed by atoms with E-state index in [1.54, 1.807) is 72.8 Å². The van der Waals surface area contributed by atoms with Gasteiger partial charge in [0.25, 0.3) is 11.8 Å². The van der Waals surface area contributed by atoms with Crippen molar-refractivity contribution in [3.05, 3.63) is 107 Å². The number of imide groups is 1. The number of hydrogen-bond donors (Lipinski definition) is 0. The van der Waals surface area contributed by atoms with E-state index in [0.717, 1.165) is 25.7 Å². The maximum atomic E-state index is 14.5.